The molecule has 0 spiro atoms. The highest BCUT2D eigenvalue weighted by molar-refractivity contribution is 8.03. The first kappa shape index (κ1) is 18.5. The van der Waals surface area contributed by atoms with Gasteiger partial charge in [0.1, 0.15) is 0 Å². The molecule has 6 heteroatoms. The van der Waals surface area contributed by atoms with Gasteiger partial charge in [0.05, 0.1) is 18.9 Å². The molecule has 5 rings (SSSR count). The standard InChI is InChI=1S/C23H24N4OS/c1-2-4-19-20(16-29-22(19)5-3-1)21-10-11-24-23(26-21)25-17-6-8-18(9-7-17)27-12-14-28-15-13-27/h2-11,16,19,22H,1,12-15H2,(H,24,25,26). The molecule has 2 unspecified atom stereocenters. The van der Waals surface area contributed by atoms with E-state index in [1.807, 2.05) is 24.0 Å². The zero-order valence-electron chi connectivity index (χ0n) is 16.2. The molecule has 1 fully saturated rings. The summed E-state index contributed by atoms with van der Waals surface area (Å²) in [4.78, 5) is 11.6. The van der Waals surface area contributed by atoms with Crippen LogP contribution < -0.4 is 10.2 Å². The Bertz CT molecular complexity index is 948. The van der Waals surface area contributed by atoms with Crippen molar-refractivity contribution in [3.8, 4) is 0 Å². The van der Waals surface area contributed by atoms with E-state index >= 15 is 0 Å². The first-order valence-corrected chi connectivity index (χ1v) is 11.0. The monoisotopic (exact) mass is 404 g/mol. The number of rotatable bonds is 4. The van der Waals surface area contributed by atoms with Gasteiger partial charge < -0.3 is 15.0 Å². The summed E-state index contributed by atoms with van der Waals surface area (Å²) in [6.07, 6.45) is 12.0. The second kappa shape index (κ2) is 8.43. The Morgan fingerprint density at radius 2 is 1.86 bits per heavy atom. The molecule has 1 aliphatic carbocycles. The van der Waals surface area contributed by atoms with Crippen LogP contribution >= 0.6 is 11.8 Å². The smallest absolute Gasteiger partial charge is 0.227 e. The van der Waals surface area contributed by atoms with Crippen LogP contribution in [0.5, 0.6) is 0 Å². The predicted molar refractivity (Wildman–Crippen MR) is 121 cm³/mol. The average molecular weight is 405 g/mol. The van der Waals surface area contributed by atoms with Crippen LogP contribution in [0.1, 0.15) is 12.1 Å². The molecule has 0 saturated carbocycles. The fraction of sp³-hybridized carbons (Fsp3) is 0.304. The van der Waals surface area contributed by atoms with E-state index in [4.69, 9.17) is 9.72 Å². The van der Waals surface area contributed by atoms with Crippen LogP contribution in [0.15, 0.2) is 66.2 Å². The molecule has 0 radical (unpaired) electrons. The molecule has 1 saturated heterocycles. The minimum atomic E-state index is 0.384. The maximum Gasteiger partial charge on any atom is 0.227 e. The minimum absolute atomic E-state index is 0.384. The SMILES string of the molecule is C1=CC2SC=C(c3ccnc(Nc4ccc(N5CCOCC5)cc4)n3)C2C=CC1. The summed E-state index contributed by atoms with van der Waals surface area (Å²) in [5, 5.41) is 6.07. The second-order valence-corrected chi connectivity index (χ2v) is 8.38. The summed E-state index contributed by atoms with van der Waals surface area (Å²) in [6, 6.07) is 10.5. The van der Waals surface area contributed by atoms with Crippen molar-refractivity contribution in [2.75, 3.05) is 36.5 Å². The second-order valence-electron chi connectivity index (χ2n) is 7.33. The minimum Gasteiger partial charge on any atom is -0.378 e. The number of nitrogens with zero attached hydrogens (tertiary/aromatic N) is 3. The summed E-state index contributed by atoms with van der Waals surface area (Å²) in [6.45, 7) is 3.47. The van der Waals surface area contributed by atoms with Crippen molar-refractivity contribution in [2.24, 2.45) is 5.92 Å². The summed E-state index contributed by atoms with van der Waals surface area (Å²) in [7, 11) is 0. The number of hydrogen-bond acceptors (Lipinski definition) is 6. The van der Waals surface area contributed by atoms with Crippen molar-refractivity contribution in [1.29, 1.82) is 0 Å². The summed E-state index contributed by atoms with van der Waals surface area (Å²) in [5.74, 6) is 1.01. The summed E-state index contributed by atoms with van der Waals surface area (Å²) in [5.41, 5.74) is 4.48. The van der Waals surface area contributed by atoms with Crippen molar-refractivity contribution < 1.29 is 4.74 Å². The number of ether oxygens (including phenoxy) is 1. The molecule has 29 heavy (non-hydrogen) atoms. The predicted octanol–water partition coefficient (Wildman–Crippen LogP) is 4.65. The lowest BCUT2D eigenvalue weighted by atomic mass is 9.94. The molecular formula is C23H24N4OS. The molecular weight excluding hydrogens is 380 g/mol. The third-order valence-corrected chi connectivity index (χ3v) is 6.61. The lowest BCUT2D eigenvalue weighted by molar-refractivity contribution is 0.122. The number of morpholine rings is 1. The van der Waals surface area contributed by atoms with Gasteiger partial charge in [0.15, 0.2) is 0 Å². The normalized spacial score (nSPS) is 23.4. The van der Waals surface area contributed by atoms with Crippen molar-refractivity contribution in [3.63, 3.8) is 0 Å². The maximum atomic E-state index is 5.43. The fourth-order valence-electron chi connectivity index (χ4n) is 3.90. The molecule has 2 aliphatic heterocycles. The quantitative estimate of drug-likeness (QED) is 0.749. The van der Waals surface area contributed by atoms with E-state index in [1.54, 1.807) is 0 Å². The number of benzene rings is 1. The van der Waals surface area contributed by atoms with Gasteiger partial charge >= 0.3 is 0 Å². The molecule has 1 N–H and O–H groups in total. The Morgan fingerprint density at radius 3 is 2.72 bits per heavy atom. The molecule has 148 valence electrons. The first-order valence-electron chi connectivity index (χ1n) is 10.1. The average Bonchev–Trinajstić information content (AvgIpc) is 3.03. The number of hydrogen-bond donors (Lipinski definition) is 1. The van der Waals surface area contributed by atoms with Crippen LogP contribution in [0.3, 0.4) is 0 Å². The van der Waals surface area contributed by atoms with E-state index in [-0.39, 0.29) is 0 Å². The van der Waals surface area contributed by atoms with Gasteiger partial charge in [-0.05, 0) is 47.7 Å². The number of anilines is 3. The number of aromatic nitrogens is 2. The largest absolute Gasteiger partial charge is 0.378 e. The third-order valence-electron chi connectivity index (χ3n) is 5.46. The number of nitrogens with one attached hydrogen (secondary N) is 1. The third kappa shape index (κ3) is 4.09. The van der Waals surface area contributed by atoms with E-state index in [1.165, 1.54) is 11.3 Å². The van der Waals surface area contributed by atoms with Crippen LogP contribution in [-0.4, -0.2) is 41.5 Å². The topological polar surface area (TPSA) is 50.3 Å². The zero-order chi connectivity index (χ0) is 19.5. The van der Waals surface area contributed by atoms with Gasteiger partial charge in [-0.1, -0.05) is 24.3 Å². The Labute approximate surface area is 175 Å². The molecule has 3 aliphatic rings. The molecule has 5 nitrogen and oxygen atoms in total. The van der Waals surface area contributed by atoms with Gasteiger partial charge in [-0.25, -0.2) is 9.97 Å². The summed E-state index contributed by atoms with van der Waals surface area (Å²) >= 11 is 1.87. The van der Waals surface area contributed by atoms with Crippen LogP contribution in [0.4, 0.5) is 17.3 Å². The van der Waals surface area contributed by atoms with Crippen LogP contribution in [0.2, 0.25) is 0 Å². The Morgan fingerprint density at radius 1 is 1.03 bits per heavy atom. The molecule has 0 amide bonds. The highest BCUT2D eigenvalue weighted by atomic mass is 32.2. The van der Waals surface area contributed by atoms with Gasteiger partial charge in [0.25, 0.3) is 0 Å². The van der Waals surface area contributed by atoms with Gasteiger partial charge in [0.2, 0.25) is 5.95 Å². The highest BCUT2D eigenvalue weighted by Crippen LogP contribution is 2.43. The van der Waals surface area contributed by atoms with E-state index in [2.05, 4.69) is 69.2 Å². The van der Waals surface area contributed by atoms with Crippen LogP contribution in [-0.2, 0) is 4.74 Å². The van der Waals surface area contributed by atoms with Crippen molar-refractivity contribution in [3.05, 3.63) is 71.9 Å². The van der Waals surface area contributed by atoms with Gasteiger partial charge in [-0.15, -0.1) is 11.8 Å². The van der Waals surface area contributed by atoms with Gasteiger partial charge in [0, 0.05) is 41.8 Å². The fourth-order valence-corrected chi connectivity index (χ4v) is 5.09. The number of allylic oxidation sites excluding steroid dienone is 4. The van der Waals surface area contributed by atoms with Crippen molar-refractivity contribution in [2.45, 2.75) is 11.7 Å². The number of fused-ring (bicyclic) bond motifs is 1. The molecule has 1 aromatic carbocycles. The molecule has 2 aromatic rings. The highest BCUT2D eigenvalue weighted by Gasteiger charge is 2.29. The lowest BCUT2D eigenvalue weighted by Crippen LogP contribution is -2.36. The van der Waals surface area contributed by atoms with E-state index < -0.39 is 0 Å². The van der Waals surface area contributed by atoms with E-state index in [0.29, 0.717) is 17.1 Å². The zero-order valence-corrected chi connectivity index (χ0v) is 17.0. The molecule has 2 atom stereocenters. The van der Waals surface area contributed by atoms with Crippen LogP contribution in [0.25, 0.3) is 5.57 Å². The summed E-state index contributed by atoms with van der Waals surface area (Å²) < 4.78 is 5.43. The molecule has 3 heterocycles. The van der Waals surface area contributed by atoms with E-state index in [0.717, 1.165) is 44.1 Å². The first-order chi connectivity index (χ1) is 14.4. The van der Waals surface area contributed by atoms with Crippen molar-refractivity contribution >= 4 is 34.7 Å². The molecule has 0 bridgehead atoms. The maximum absolute atomic E-state index is 5.43. The Balaban J connectivity index is 1.31. The van der Waals surface area contributed by atoms with Crippen molar-refractivity contribution in [1.82, 2.24) is 9.97 Å². The number of thioether (sulfide) groups is 1. The van der Waals surface area contributed by atoms with Gasteiger partial charge in [-0.3, -0.25) is 0 Å². The molecule has 1 aromatic heterocycles. The van der Waals surface area contributed by atoms with E-state index in [9.17, 15) is 0 Å². The van der Waals surface area contributed by atoms with Crippen LogP contribution in [0, 0.1) is 5.92 Å². The van der Waals surface area contributed by atoms with Gasteiger partial charge in [-0.2, -0.15) is 0 Å². The Hall–Kier alpha value is -2.57. The lowest BCUT2D eigenvalue weighted by Gasteiger charge is -2.28. The Kier molecular flexibility index (Phi) is 5.37.